The van der Waals surface area contributed by atoms with E-state index in [0.29, 0.717) is 16.3 Å². The largest absolute Gasteiger partial charge is 0.465 e. The van der Waals surface area contributed by atoms with Gasteiger partial charge < -0.3 is 15.4 Å². The molecule has 6 heteroatoms. The predicted molar refractivity (Wildman–Crippen MR) is 95.8 cm³/mol. The number of esters is 1. The summed E-state index contributed by atoms with van der Waals surface area (Å²) in [6.07, 6.45) is 0. The van der Waals surface area contributed by atoms with Crippen molar-refractivity contribution in [1.29, 1.82) is 0 Å². The molecular weight excluding hydrogens is 328 g/mol. The molecule has 0 spiro atoms. The zero-order valence-corrected chi connectivity index (χ0v) is 14.5. The Morgan fingerprint density at radius 2 is 1.88 bits per heavy atom. The summed E-state index contributed by atoms with van der Waals surface area (Å²) < 4.78 is 4.71. The van der Waals surface area contributed by atoms with Crippen LogP contribution in [-0.4, -0.2) is 25.5 Å². The molecule has 0 aliphatic rings. The van der Waals surface area contributed by atoms with Crippen LogP contribution in [0.25, 0.3) is 0 Å². The van der Waals surface area contributed by atoms with Gasteiger partial charge >= 0.3 is 5.97 Å². The molecule has 1 amide bonds. The number of amides is 1. The van der Waals surface area contributed by atoms with Crippen LogP contribution in [0.4, 0.5) is 11.4 Å². The zero-order chi connectivity index (χ0) is 17.7. The quantitative estimate of drug-likeness (QED) is 0.808. The van der Waals surface area contributed by atoms with Crippen molar-refractivity contribution in [1.82, 2.24) is 0 Å². The number of benzene rings is 2. The molecule has 2 N–H and O–H groups in total. The molecule has 0 fully saturated rings. The summed E-state index contributed by atoms with van der Waals surface area (Å²) in [6.45, 7) is 3.91. The summed E-state index contributed by atoms with van der Waals surface area (Å²) in [5, 5.41) is 6.30. The standard InChI is InChI=1S/C18H19ClN2O3/c1-11-8-12(2)17(14(19)9-11)20-10-16(22)21-15-7-5-4-6-13(15)18(23)24-3/h4-9,20H,10H2,1-3H3,(H,21,22). The average Bonchev–Trinajstić information content (AvgIpc) is 2.53. The SMILES string of the molecule is COC(=O)c1ccccc1NC(=O)CNc1c(C)cc(C)cc1Cl. The molecule has 2 aromatic carbocycles. The number of hydrogen-bond donors (Lipinski definition) is 2. The van der Waals surface area contributed by atoms with Gasteiger partial charge in [0.2, 0.25) is 5.91 Å². The molecular formula is C18H19ClN2O3. The lowest BCUT2D eigenvalue weighted by Gasteiger charge is -2.13. The van der Waals surface area contributed by atoms with E-state index in [1.807, 2.05) is 26.0 Å². The van der Waals surface area contributed by atoms with Crippen molar-refractivity contribution in [2.75, 3.05) is 24.3 Å². The number of carbonyl (C=O) groups excluding carboxylic acids is 2. The van der Waals surface area contributed by atoms with Crippen LogP contribution in [0.2, 0.25) is 5.02 Å². The number of nitrogens with one attached hydrogen (secondary N) is 2. The lowest BCUT2D eigenvalue weighted by Crippen LogP contribution is -2.23. The van der Waals surface area contributed by atoms with Gasteiger partial charge in [-0.15, -0.1) is 0 Å². The lowest BCUT2D eigenvalue weighted by molar-refractivity contribution is -0.114. The van der Waals surface area contributed by atoms with Crippen molar-refractivity contribution in [3.8, 4) is 0 Å². The summed E-state index contributed by atoms with van der Waals surface area (Å²) in [5.41, 5.74) is 3.45. The van der Waals surface area contributed by atoms with Gasteiger partial charge in [-0.1, -0.05) is 29.8 Å². The van der Waals surface area contributed by atoms with Gasteiger partial charge in [0.1, 0.15) is 0 Å². The molecule has 0 atom stereocenters. The molecule has 0 heterocycles. The Labute approximate surface area is 146 Å². The molecule has 0 aromatic heterocycles. The van der Waals surface area contributed by atoms with Crippen LogP contribution in [0.15, 0.2) is 36.4 Å². The summed E-state index contributed by atoms with van der Waals surface area (Å²) in [6, 6.07) is 10.5. The van der Waals surface area contributed by atoms with E-state index in [2.05, 4.69) is 10.6 Å². The van der Waals surface area contributed by atoms with Crippen LogP contribution >= 0.6 is 11.6 Å². The third-order valence-electron chi connectivity index (χ3n) is 3.46. The van der Waals surface area contributed by atoms with Crippen LogP contribution in [-0.2, 0) is 9.53 Å². The zero-order valence-electron chi connectivity index (χ0n) is 13.8. The Balaban J connectivity index is 2.06. The fourth-order valence-corrected chi connectivity index (χ4v) is 2.77. The van der Waals surface area contributed by atoms with Crippen LogP contribution in [0.5, 0.6) is 0 Å². The Bertz CT molecular complexity index is 752. The first-order chi connectivity index (χ1) is 11.4. The number of methoxy groups -OCH3 is 1. The predicted octanol–water partition coefficient (Wildman–Crippen LogP) is 3.79. The summed E-state index contributed by atoms with van der Waals surface area (Å²) in [4.78, 5) is 23.9. The monoisotopic (exact) mass is 346 g/mol. The van der Waals surface area contributed by atoms with Crippen molar-refractivity contribution in [3.63, 3.8) is 0 Å². The number of aryl methyl sites for hydroxylation is 2. The van der Waals surface area contributed by atoms with E-state index in [1.165, 1.54) is 7.11 Å². The summed E-state index contributed by atoms with van der Waals surface area (Å²) in [5.74, 6) is -0.793. The van der Waals surface area contributed by atoms with Crippen LogP contribution in [0, 0.1) is 13.8 Å². The maximum absolute atomic E-state index is 12.2. The van der Waals surface area contributed by atoms with E-state index in [9.17, 15) is 9.59 Å². The van der Waals surface area contributed by atoms with Crippen LogP contribution in [0.3, 0.4) is 0 Å². The fourth-order valence-electron chi connectivity index (χ4n) is 2.38. The van der Waals surface area contributed by atoms with Gasteiger partial charge in [0.15, 0.2) is 0 Å². The molecule has 2 rings (SSSR count). The first kappa shape index (κ1) is 17.8. The molecule has 0 aliphatic carbocycles. The van der Waals surface area contributed by atoms with Crippen molar-refractivity contribution >= 4 is 34.9 Å². The molecule has 126 valence electrons. The Morgan fingerprint density at radius 3 is 2.54 bits per heavy atom. The van der Waals surface area contributed by atoms with Crippen LogP contribution in [0.1, 0.15) is 21.5 Å². The van der Waals surface area contributed by atoms with Gasteiger partial charge in [-0.25, -0.2) is 4.79 Å². The molecule has 2 aromatic rings. The van der Waals surface area contributed by atoms with E-state index in [-0.39, 0.29) is 12.5 Å². The highest BCUT2D eigenvalue weighted by atomic mass is 35.5. The number of carbonyl (C=O) groups is 2. The number of para-hydroxylation sites is 1. The normalized spacial score (nSPS) is 10.2. The topological polar surface area (TPSA) is 67.4 Å². The minimum absolute atomic E-state index is 0.0269. The first-order valence-corrected chi connectivity index (χ1v) is 7.78. The molecule has 0 saturated carbocycles. The van der Waals surface area contributed by atoms with Gasteiger partial charge in [0.25, 0.3) is 0 Å². The van der Waals surface area contributed by atoms with E-state index < -0.39 is 5.97 Å². The summed E-state index contributed by atoms with van der Waals surface area (Å²) >= 11 is 6.21. The minimum atomic E-state index is -0.503. The smallest absolute Gasteiger partial charge is 0.339 e. The second-order valence-corrected chi connectivity index (χ2v) is 5.78. The number of hydrogen-bond acceptors (Lipinski definition) is 4. The third-order valence-corrected chi connectivity index (χ3v) is 3.76. The molecule has 0 saturated heterocycles. The van der Waals surface area contributed by atoms with Crippen molar-refractivity contribution in [3.05, 3.63) is 58.1 Å². The second-order valence-electron chi connectivity index (χ2n) is 5.38. The Kier molecular flexibility index (Phi) is 5.82. The van der Waals surface area contributed by atoms with Crippen molar-refractivity contribution in [2.45, 2.75) is 13.8 Å². The number of ether oxygens (including phenoxy) is 1. The maximum atomic E-state index is 12.2. The number of anilines is 2. The van der Waals surface area contributed by atoms with E-state index in [1.54, 1.807) is 24.3 Å². The van der Waals surface area contributed by atoms with Crippen molar-refractivity contribution < 1.29 is 14.3 Å². The molecule has 0 bridgehead atoms. The Hall–Kier alpha value is -2.53. The highest BCUT2D eigenvalue weighted by Gasteiger charge is 2.13. The van der Waals surface area contributed by atoms with Gasteiger partial charge in [-0.2, -0.15) is 0 Å². The van der Waals surface area contributed by atoms with E-state index in [4.69, 9.17) is 16.3 Å². The van der Waals surface area contributed by atoms with E-state index >= 15 is 0 Å². The molecule has 0 unspecified atom stereocenters. The van der Waals surface area contributed by atoms with Gasteiger partial charge in [0, 0.05) is 0 Å². The first-order valence-electron chi connectivity index (χ1n) is 7.40. The Morgan fingerprint density at radius 1 is 1.17 bits per heavy atom. The maximum Gasteiger partial charge on any atom is 0.339 e. The molecule has 24 heavy (non-hydrogen) atoms. The fraction of sp³-hybridized carbons (Fsp3) is 0.222. The second kappa shape index (κ2) is 7.84. The molecule has 0 aliphatic heterocycles. The summed E-state index contributed by atoms with van der Waals surface area (Å²) in [7, 11) is 1.30. The van der Waals surface area contributed by atoms with Gasteiger partial charge in [-0.3, -0.25) is 4.79 Å². The highest BCUT2D eigenvalue weighted by molar-refractivity contribution is 6.33. The van der Waals surface area contributed by atoms with Crippen LogP contribution < -0.4 is 10.6 Å². The third kappa shape index (κ3) is 4.26. The number of rotatable bonds is 5. The highest BCUT2D eigenvalue weighted by Crippen LogP contribution is 2.27. The van der Waals surface area contributed by atoms with E-state index in [0.717, 1.165) is 16.8 Å². The number of halogens is 1. The average molecular weight is 347 g/mol. The van der Waals surface area contributed by atoms with Gasteiger partial charge in [0.05, 0.1) is 35.6 Å². The molecule has 0 radical (unpaired) electrons. The van der Waals surface area contributed by atoms with Crippen molar-refractivity contribution in [2.24, 2.45) is 0 Å². The lowest BCUT2D eigenvalue weighted by atomic mass is 10.1. The minimum Gasteiger partial charge on any atom is -0.465 e. The molecule has 5 nitrogen and oxygen atoms in total. The van der Waals surface area contributed by atoms with Gasteiger partial charge in [-0.05, 0) is 43.2 Å².